The van der Waals surface area contributed by atoms with Gasteiger partial charge in [0.15, 0.2) is 0 Å². The van der Waals surface area contributed by atoms with Gasteiger partial charge < -0.3 is 14.4 Å². The van der Waals surface area contributed by atoms with Crippen LogP contribution in [0.15, 0.2) is 42.5 Å². The Morgan fingerprint density at radius 2 is 1.94 bits per heavy atom. The molecule has 36 heavy (non-hydrogen) atoms. The SMILES string of the molecule is CC(=O)Oc1ccc(N2C(=O)CC(N(CC3CCCO3)C(=O)c3ccc(Cl)c([N+](=O)[O-])c3)C2=O)cc1. The number of nitro groups is 1. The molecule has 0 spiro atoms. The maximum atomic E-state index is 13.5. The third-order valence-corrected chi connectivity index (χ3v) is 6.25. The fraction of sp³-hybridized carbons (Fsp3) is 0.333. The molecule has 2 fully saturated rings. The van der Waals surface area contributed by atoms with E-state index in [9.17, 15) is 29.3 Å². The number of hydrogen-bond acceptors (Lipinski definition) is 8. The Labute approximate surface area is 210 Å². The Kier molecular flexibility index (Phi) is 7.32. The molecule has 11 nitrogen and oxygen atoms in total. The summed E-state index contributed by atoms with van der Waals surface area (Å²) in [4.78, 5) is 63.8. The van der Waals surface area contributed by atoms with Crippen LogP contribution in [0.25, 0.3) is 0 Å². The van der Waals surface area contributed by atoms with Crippen molar-refractivity contribution in [2.75, 3.05) is 18.1 Å². The van der Waals surface area contributed by atoms with Gasteiger partial charge in [-0.15, -0.1) is 0 Å². The number of nitrogens with zero attached hydrogens (tertiary/aromatic N) is 3. The molecule has 0 bridgehead atoms. The lowest BCUT2D eigenvalue weighted by Gasteiger charge is -2.30. The number of rotatable bonds is 7. The van der Waals surface area contributed by atoms with E-state index in [4.69, 9.17) is 21.1 Å². The molecule has 0 N–H and O–H groups in total. The number of carbonyl (C=O) groups is 4. The van der Waals surface area contributed by atoms with Gasteiger partial charge in [0.1, 0.15) is 16.8 Å². The van der Waals surface area contributed by atoms with Crippen molar-refractivity contribution >= 4 is 46.7 Å². The van der Waals surface area contributed by atoms with Crippen LogP contribution in [0.5, 0.6) is 5.75 Å². The van der Waals surface area contributed by atoms with Crippen LogP contribution in [0.3, 0.4) is 0 Å². The first-order valence-electron chi connectivity index (χ1n) is 11.2. The van der Waals surface area contributed by atoms with Crippen LogP contribution in [0.4, 0.5) is 11.4 Å². The number of halogens is 1. The van der Waals surface area contributed by atoms with Crippen molar-refractivity contribution in [3.05, 3.63) is 63.2 Å². The van der Waals surface area contributed by atoms with E-state index in [2.05, 4.69) is 0 Å². The predicted octanol–water partition coefficient (Wildman–Crippen LogP) is 3.13. The molecule has 0 saturated carbocycles. The highest BCUT2D eigenvalue weighted by Crippen LogP contribution is 2.31. The minimum Gasteiger partial charge on any atom is -0.427 e. The number of ether oxygens (including phenoxy) is 2. The highest BCUT2D eigenvalue weighted by atomic mass is 35.5. The molecule has 2 unspecified atom stereocenters. The second-order valence-electron chi connectivity index (χ2n) is 8.39. The topological polar surface area (TPSA) is 136 Å². The van der Waals surface area contributed by atoms with Crippen LogP contribution in [-0.4, -0.2) is 58.8 Å². The Hall–Kier alpha value is -3.83. The van der Waals surface area contributed by atoms with Gasteiger partial charge in [0.2, 0.25) is 5.91 Å². The number of benzene rings is 2. The zero-order chi connectivity index (χ0) is 26.0. The van der Waals surface area contributed by atoms with Gasteiger partial charge in [0.25, 0.3) is 17.5 Å². The van der Waals surface area contributed by atoms with Crippen molar-refractivity contribution in [1.82, 2.24) is 4.90 Å². The first-order valence-corrected chi connectivity index (χ1v) is 11.6. The zero-order valence-corrected chi connectivity index (χ0v) is 20.0. The van der Waals surface area contributed by atoms with Crippen LogP contribution in [0.2, 0.25) is 5.02 Å². The summed E-state index contributed by atoms with van der Waals surface area (Å²) < 4.78 is 10.6. The molecular weight excluding hydrogens is 494 g/mol. The summed E-state index contributed by atoms with van der Waals surface area (Å²) in [5.41, 5.74) is -0.216. The van der Waals surface area contributed by atoms with E-state index in [0.29, 0.717) is 13.0 Å². The fourth-order valence-electron chi connectivity index (χ4n) is 4.27. The largest absolute Gasteiger partial charge is 0.427 e. The Bertz CT molecular complexity index is 1230. The van der Waals surface area contributed by atoms with Crippen molar-refractivity contribution in [3.63, 3.8) is 0 Å². The quantitative estimate of drug-likeness (QED) is 0.180. The molecule has 12 heteroatoms. The van der Waals surface area contributed by atoms with Crippen molar-refractivity contribution in [2.24, 2.45) is 0 Å². The van der Waals surface area contributed by atoms with Crippen molar-refractivity contribution in [2.45, 2.75) is 38.3 Å². The molecule has 0 radical (unpaired) electrons. The molecular formula is C24H22ClN3O8. The van der Waals surface area contributed by atoms with E-state index >= 15 is 0 Å². The number of anilines is 1. The molecule has 2 saturated heterocycles. The number of carbonyl (C=O) groups excluding carboxylic acids is 4. The molecule has 2 aliphatic heterocycles. The molecule has 2 aromatic carbocycles. The molecule has 4 rings (SSSR count). The summed E-state index contributed by atoms with van der Waals surface area (Å²) in [6.45, 7) is 1.80. The summed E-state index contributed by atoms with van der Waals surface area (Å²) >= 11 is 5.89. The van der Waals surface area contributed by atoms with E-state index in [1.54, 1.807) is 0 Å². The van der Waals surface area contributed by atoms with Crippen molar-refractivity contribution < 1.29 is 33.6 Å². The van der Waals surface area contributed by atoms with Crippen LogP contribution in [0, 0.1) is 10.1 Å². The van der Waals surface area contributed by atoms with Gasteiger partial charge in [-0.3, -0.25) is 29.3 Å². The summed E-state index contributed by atoms with van der Waals surface area (Å²) in [6.07, 6.45) is 0.854. The average Bonchev–Trinajstić information content (AvgIpc) is 3.45. The van der Waals surface area contributed by atoms with Crippen molar-refractivity contribution in [3.8, 4) is 5.75 Å². The highest BCUT2D eigenvalue weighted by molar-refractivity contribution is 6.32. The number of hydrogen-bond donors (Lipinski definition) is 0. The first kappa shape index (κ1) is 25.3. The predicted molar refractivity (Wildman–Crippen MR) is 127 cm³/mol. The number of nitro benzene ring substituents is 1. The summed E-state index contributed by atoms with van der Waals surface area (Å²) in [5.74, 6) is -2.04. The normalized spacial score (nSPS) is 19.4. The Morgan fingerprint density at radius 1 is 1.22 bits per heavy atom. The second-order valence-corrected chi connectivity index (χ2v) is 8.80. The summed E-state index contributed by atoms with van der Waals surface area (Å²) in [5, 5.41) is 11.2. The van der Waals surface area contributed by atoms with Crippen LogP contribution >= 0.6 is 11.6 Å². The Morgan fingerprint density at radius 3 is 2.56 bits per heavy atom. The van der Waals surface area contributed by atoms with E-state index in [1.807, 2.05) is 0 Å². The lowest BCUT2D eigenvalue weighted by molar-refractivity contribution is -0.384. The number of imide groups is 1. The standard InChI is InChI=1S/C24H22ClN3O8/c1-14(29)36-17-7-5-16(6-8-17)27-22(30)12-21(24(27)32)26(13-18-3-2-10-35-18)23(31)15-4-9-19(25)20(11-15)28(33)34/h4-9,11,18,21H,2-3,10,12-13H2,1H3. The molecule has 3 amide bonds. The van der Waals surface area contributed by atoms with Gasteiger partial charge in [0.05, 0.1) is 23.1 Å². The third kappa shape index (κ3) is 5.21. The monoisotopic (exact) mass is 515 g/mol. The van der Waals surface area contributed by atoms with Gasteiger partial charge in [-0.2, -0.15) is 0 Å². The van der Waals surface area contributed by atoms with Crippen molar-refractivity contribution in [1.29, 1.82) is 0 Å². The molecule has 2 heterocycles. The van der Waals surface area contributed by atoms with Crippen LogP contribution in [0.1, 0.15) is 36.5 Å². The molecule has 2 atom stereocenters. The van der Waals surface area contributed by atoms with Gasteiger partial charge in [-0.25, -0.2) is 4.90 Å². The molecule has 188 valence electrons. The van der Waals surface area contributed by atoms with Gasteiger partial charge in [-0.05, 0) is 49.2 Å². The lowest BCUT2D eigenvalue weighted by Crippen LogP contribution is -2.48. The Balaban J connectivity index is 1.63. The summed E-state index contributed by atoms with van der Waals surface area (Å²) in [6, 6.07) is 8.34. The maximum Gasteiger partial charge on any atom is 0.308 e. The second kappa shape index (κ2) is 10.4. The van der Waals surface area contributed by atoms with E-state index in [-0.39, 0.29) is 41.1 Å². The minimum atomic E-state index is -1.13. The van der Waals surface area contributed by atoms with Crippen LogP contribution in [-0.2, 0) is 19.1 Å². The van der Waals surface area contributed by atoms with E-state index in [0.717, 1.165) is 17.4 Å². The highest BCUT2D eigenvalue weighted by Gasteiger charge is 2.45. The minimum absolute atomic E-state index is 0.0338. The molecule has 0 aliphatic carbocycles. The smallest absolute Gasteiger partial charge is 0.308 e. The molecule has 0 aromatic heterocycles. The van der Waals surface area contributed by atoms with Gasteiger partial charge in [-0.1, -0.05) is 11.6 Å². The van der Waals surface area contributed by atoms with E-state index in [1.165, 1.54) is 48.2 Å². The third-order valence-electron chi connectivity index (χ3n) is 5.93. The fourth-order valence-corrected chi connectivity index (χ4v) is 4.46. The van der Waals surface area contributed by atoms with Gasteiger partial charge in [0, 0.05) is 31.7 Å². The number of esters is 1. The zero-order valence-electron chi connectivity index (χ0n) is 19.2. The number of amides is 3. The lowest BCUT2D eigenvalue weighted by atomic mass is 10.1. The summed E-state index contributed by atoms with van der Waals surface area (Å²) in [7, 11) is 0. The maximum absolute atomic E-state index is 13.5. The molecule has 2 aromatic rings. The van der Waals surface area contributed by atoms with Crippen LogP contribution < -0.4 is 9.64 Å². The first-order chi connectivity index (χ1) is 17.2. The average molecular weight is 516 g/mol. The van der Waals surface area contributed by atoms with Gasteiger partial charge >= 0.3 is 5.97 Å². The molecule has 2 aliphatic rings. The van der Waals surface area contributed by atoms with E-state index < -0.39 is 40.3 Å².